The van der Waals surface area contributed by atoms with Gasteiger partial charge in [-0.05, 0) is 55.8 Å². The summed E-state index contributed by atoms with van der Waals surface area (Å²) in [6, 6.07) is 13.0. The average molecular weight is 468 g/mol. The van der Waals surface area contributed by atoms with Crippen molar-refractivity contribution in [3.05, 3.63) is 84.1 Å². The fraction of sp³-hybridized carbons (Fsp3) is 0.167. The number of hydrogen-bond donors (Lipinski definition) is 2. The number of ether oxygens (including phenoxy) is 1. The van der Waals surface area contributed by atoms with Gasteiger partial charge in [0, 0.05) is 35.9 Å². The van der Waals surface area contributed by atoms with E-state index in [4.69, 9.17) is 4.74 Å². The van der Waals surface area contributed by atoms with Gasteiger partial charge in [-0.25, -0.2) is 12.8 Å². The molecule has 0 spiro atoms. The maximum absolute atomic E-state index is 13.7. The van der Waals surface area contributed by atoms with Crippen LogP contribution in [0.3, 0.4) is 0 Å². The zero-order valence-electron chi connectivity index (χ0n) is 18.0. The molecule has 0 radical (unpaired) electrons. The third kappa shape index (κ3) is 4.88. The molecule has 0 aliphatic heterocycles. The number of hydrogen-bond acceptors (Lipinski definition) is 5. The molecule has 0 saturated heterocycles. The standard InChI is InChI=1S/C24H22FN3O4S/c1-15(2)32-22-12-18(25)5-8-23(22)33(30,31)19-6-3-16(4-7-19)13-27-24(29)21-11-17-14-26-10-9-20(17)28-21/h3-12,14-15,28H,13H2,1-2H3,(H,27,29). The molecule has 2 aromatic carbocycles. The summed E-state index contributed by atoms with van der Waals surface area (Å²) < 4.78 is 45.4. The van der Waals surface area contributed by atoms with Crippen LogP contribution in [0.1, 0.15) is 29.9 Å². The Morgan fingerprint density at radius 1 is 1.12 bits per heavy atom. The fourth-order valence-electron chi connectivity index (χ4n) is 3.34. The molecule has 1 amide bonds. The maximum atomic E-state index is 13.7. The molecular weight excluding hydrogens is 445 g/mol. The summed E-state index contributed by atoms with van der Waals surface area (Å²) in [6.07, 6.45) is 2.99. The topological polar surface area (TPSA) is 101 Å². The smallest absolute Gasteiger partial charge is 0.267 e. The summed E-state index contributed by atoms with van der Waals surface area (Å²) in [4.78, 5) is 19.4. The van der Waals surface area contributed by atoms with Crippen molar-refractivity contribution in [3.8, 4) is 5.75 Å². The molecule has 0 unspecified atom stereocenters. The van der Waals surface area contributed by atoms with E-state index in [0.29, 0.717) is 5.69 Å². The molecule has 7 nitrogen and oxygen atoms in total. The minimum Gasteiger partial charge on any atom is -0.490 e. The molecule has 2 heterocycles. The highest BCUT2D eigenvalue weighted by Gasteiger charge is 2.23. The molecule has 0 fully saturated rings. The van der Waals surface area contributed by atoms with Crippen molar-refractivity contribution >= 4 is 26.6 Å². The number of sulfone groups is 1. The summed E-state index contributed by atoms with van der Waals surface area (Å²) in [6.45, 7) is 3.68. The van der Waals surface area contributed by atoms with Crippen LogP contribution in [0.4, 0.5) is 4.39 Å². The molecule has 9 heteroatoms. The Morgan fingerprint density at radius 2 is 1.88 bits per heavy atom. The Morgan fingerprint density at radius 3 is 2.58 bits per heavy atom. The molecule has 0 aliphatic rings. The van der Waals surface area contributed by atoms with E-state index in [1.54, 1.807) is 50.5 Å². The molecule has 33 heavy (non-hydrogen) atoms. The molecule has 2 aromatic heterocycles. The number of carbonyl (C=O) groups excluding carboxylic acids is 1. The Labute approximate surface area is 190 Å². The van der Waals surface area contributed by atoms with Crippen molar-refractivity contribution in [1.29, 1.82) is 0 Å². The zero-order chi connectivity index (χ0) is 23.6. The van der Waals surface area contributed by atoms with E-state index < -0.39 is 15.7 Å². The van der Waals surface area contributed by atoms with Gasteiger partial charge in [0.05, 0.1) is 11.0 Å². The highest BCUT2D eigenvalue weighted by molar-refractivity contribution is 7.91. The predicted molar refractivity (Wildman–Crippen MR) is 121 cm³/mol. The van der Waals surface area contributed by atoms with Crippen molar-refractivity contribution in [2.75, 3.05) is 0 Å². The van der Waals surface area contributed by atoms with Gasteiger partial charge in [-0.2, -0.15) is 0 Å². The van der Waals surface area contributed by atoms with Crippen LogP contribution in [-0.4, -0.2) is 30.4 Å². The van der Waals surface area contributed by atoms with Crippen LogP contribution in [0.2, 0.25) is 0 Å². The van der Waals surface area contributed by atoms with Gasteiger partial charge in [0.25, 0.3) is 5.91 Å². The first-order chi connectivity index (χ1) is 15.7. The first-order valence-electron chi connectivity index (χ1n) is 10.3. The van der Waals surface area contributed by atoms with Gasteiger partial charge in [0.2, 0.25) is 9.84 Å². The summed E-state index contributed by atoms with van der Waals surface area (Å²) >= 11 is 0. The number of aromatic amines is 1. The van der Waals surface area contributed by atoms with E-state index in [-0.39, 0.29) is 34.1 Å². The predicted octanol–water partition coefficient (Wildman–Crippen LogP) is 4.25. The van der Waals surface area contributed by atoms with Crippen LogP contribution < -0.4 is 10.1 Å². The number of halogens is 1. The average Bonchev–Trinajstić information content (AvgIpc) is 3.22. The number of fused-ring (bicyclic) bond motifs is 1. The van der Waals surface area contributed by atoms with E-state index in [1.807, 2.05) is 0 Å². The number of rotatable bonds is 7. The third-order valence-electron chi connectivity index (χ3n) is 4.91. The molecule has 0 atom stereocenters. The van der Waals surface area contributed by atoms with Crippen LogP contribution in [0.25, 0.3) is 10.9 Å². The van der Waals surface area contributed by atoms with Crippen LogP contribution >= 0.6 is 0 Å². The lowest BCUT2D eigenvalue weighted by atomic mass is 10.2. The lowest BCUT2D eigenvalue weighted by Gasteiger charge is -2.15. The Balaban J connectivity index is 1.49. The van der Waals surface area contributed by atoms with Crippen molar-refractivity contribution < 1.29 is 22.3 Å². The Kier molecular flexibility index (Phi) is 6.15. The number of pyridine rings is 1. The second-order valence-corrected chi connectivity index (χ2v) is 9.65. The number of benzene rings is 2. The van der Waals surface area contributed by atoms with Crippen molar-refractivity contribution in [3.63, 3.8) is 0 Å². The van der Waals surface area contributed by atoms with Crippen molar-refractivity contribution in [2.24, 2.45) is 0 Å². The van der Waals surface area contributed by atoms with E-state index in [9.17, 15) is 17.6 Å². The highest BCUT2D eigenvalue weighted by Crippen LogP contribution is 2.31. The van der Waals surface area contributed by atoms with Crippen LogP contribution in [0, 0.1) is 5.82 Å². The third-order valence-corrected chi connectivity index (χ3v) is 6.72. The van der Waals surface area contributed by atoms with Gasteiger partial charge in [-0.1, -0.05) is 12.1 Å². The monoisotopic (exact) mass is 467 g/mol. The fourth-order valence-corrected chi connectivity index (χ4v) is 4.70. The lowest BCUT2D eigenvalue weighted by Crippen LogP contribution is -2.23. The molecule has 2 N–H and O–H groups in total. The molecule has 0 bridgehead atoms. The second kappa shape index (κ2) is 9.03. The SMILES string of the molecule is CC(C)Oc1cc(F)ccc1S(=O)(=O)c1ccc(CNC(=O)c2cc3cnccc3[nH]2)cc1. The molecule has 0 aliphatic carbocycles. The van der Waals surface area contributed by atoms with Gasteiger partial charge >= 0.3 is 0 Å². The van der Waals surface area contributed by atoms with Crippen LogP contribution in [0.5, 0.6) is 5.75 Å². The largest absolute Gasteiger partial charge is 0.490 e. The second-order valence-electron chi connectivity index (χ2n) is 7.73. The summed E-state index contributed by atoms with van der Waals surface area (Å²) in [5.74, 6) is -0.901. The number of aromatic nitrogens is 2. The van der Waals surface area contributed by atoms with Gasteiger partial charge in [-0.15, -0.1) is 0 Å². The number of carbonyl (C=O) groups is 1. The van der Waals surface area contributed by atoms with Crippen LogP contribution in [-0.2, 0) is 16.4 Å². The van der Waals surface area contributed by atoms with E-state index in [0.717, 1.165) is 28.6 Å². The van der Waals surface area contributed by atoms with Crippen molar-refractivity contribution in [1.82, 2.24) is 15.3 Å². The normalized spacial score (nSPS) is 11.6. The van der Waals surface area contributed by atoms with Gasteiger partial charge in [-0.3, -0.25) is 9.78 Å². The van der Waals surface area contributed by atoms with E-state index in [2.05, 4.69) is 15.3 Å². The minimum atomic E-state index is -3.93. The Hall–Kier alpha value is -3.72. The van der Waals surface area contributed by atoms with E-state index in [1.165, 1.54) is 18.2 Å². The zero-order valence-corrected chi connectivity index (χ0v) is 18.8. The van der Waals surface area contributed by atoms with Crippen LogP contribution in [0.15, 0.2) is 76.8 Å². The van der Waals surface area contributed by atoms with Gasteiger partial charge in [0.15, 0.2) is 0 Å². The highest BCUT2D eigenvalue weighted by atomic mass is 32.2. The first-order valence-corrected chi connectivity index (χ1v) is 11.7. The molecule has 4 rings (SSSR count). The maximum Gasteiger partial charge on any atom is 0.267 e. The lowest BCUT2D eigenvalue weighted by molar-refractivity contribution is 0.0946. The number of nitrogens with zero attached hydrogens (tertiary/aromatic N) is 1. The molecular formula is C24H22FN3O4S. The number of nitrogens with one attached hydrogen (secondary N) is 2. The van der Waals surface area contributed by atoms with Crippen molar-refractivity contribution in [2.45, 2.75) is 36.3 Å². The quantitative estimate of drug-likeness (QED) is 0.396. The summed E-state index contributed by atoms with van der Waals surface area (Å²) in [5.41, 5.74) is 1.94. The first kappa shape index (κ1) is 22.5. The minimum absolute atomic E-state index is 0.0325. The van der Waals surface area contributed by atoms with E-state index >= 15 is 0 Å². The van der Waals surface area contributed by atoms with Gasteiger partial charge < -0.3 is 15.0 Å². The number of H-pyrrole nitrogens is 1. The summed E-state index contributed by atoms with van der Waals surface area (Å²) in [5, 5.41) is 3.63. The van der Waals surface area contributed by atoms with Gasteiger partial charge in [0.1, 0.15) is 22.2 Å². The number of amides is 1. The molecule has 0 saturated carbocycles. The molecule has 170 valence electrons. The Bertz CT molecular complexity index is 1380. The summed E-state index contributed by atoms with van der Waals surface area (Å²) in [7, 11) is -3.93. The molecule has 4 aromatic rings.